The lowest BCUT2D eigenvalue weighted by Crippen LogP contribution is -2.38. The van der Waals surface area contributed by atoms with E-state index in [0.29, 0.717) is 38.6 Å². The number of alkyl halides is 3. The summed E-state index contributed by atoms with van der Waals surface area (Å²) in [5, 5.41) is 18.6. The van der Waals surface area contributed by atoms with E-state index in [1.807, 2.05) is 13.0 Å². The molecule has 3 heterocycles. The van der Waals surface area contributed by atoms with E-state index in [0.717, 1.165) is 26.8 Å². The van der Waals surface area contributed by atoms with Gasteiger partial charge < -0.3 is 11.5 Å². The van der Waals surface area contributed by atoms with Gasteiger partial charge in [0.05, 0.1) is 62.8 Å². The summed E-state index contributed by atoms with van der Waals surface area (Å²) in [7, 11) is -4.47. The first-order valence-corrected chi connectivity index (χ1v) is 18.6. The molecule has 0 bridgehead atoms. The number of nitrogens with one attached hydrogen (secondary N) is 1. The Kier molecular flexibility index (Phi) is 11.1. The molecule has 0 aliphatic carbocycles. The Morgan fingerprint density at radius 2 is 1.71 bits per heavy atom. The van der Waals surface area contributed by atoms with Crippen molar-refractivity contribution in [2.24, 2.45) is 0 Å². The van der Waals surface area contributed by atoms with Gasteiger partial charge in [0.2, 0.25) is 0 Å². The summed E-state index contributed by atoms with van der Waals surface area (Å²) >= 11 is 1.23. The number of rotatable bonds is 8. The second kappa shape index (κ2) is 15.1. The smallest absolute Gasteiger partial charge is 0.344 e. The number of amides is 1. The van der Waals surface area contributed by atoms with Crippen LogP contribution >= 0.6 is 11.3 Å². The van der Waals surface area contributed by atoms with Crippen LogP contribution in [0.25, 0.3) is 22.8 Å². The van der Waals surface area contributed by atoms with Crippen LogP contribution in [0.5, 0.6) is 0 Å². The number of nitriles is 1. The highest BCUT2D eigenvalue weighted by Crippen LogP contribution is 2.33. The molecular weight excluding hydrogens is 758 g/mol. The minimum atomic E-state index is -4.69. The molecule has 18 heteroatoms. The Labute approximate surface area is 317 Å². The van der Waals surface area contributed by atoms with Gasteiger partial charge in [0.25, 0.3) is 10.1 Å². The van der Waals surface area contributed by atoms with Gasteiger partial charge in [-0.1, -0.05) is 6.07 Å². The van der Waals surface area contributed by atoms with Gasteiger partial charge in [0.1, 0.15) is 10.7 Å². The standard InChI is InChI=1S/C37H32F3N7O5S2.H3N/c1-20-21(2)26(16-32(22(20)3)54(50,51)52)15-28-19-53-34(44-28)23(4)43-35(48)46-33(31-13-14-42-47(31)29-11-9-25(18-41)10-12-29)24(5)45(36(46)49)30-8-6-7-27(17-30)37(38,39)40;/h6-14,16-17,19,23H,15H2,1-5H3,(H,43,48)(H,50,51,52);1H3. The number of carbonyl (C=O) groups excluding carboxylic acids is 1. The van der Waals surface area contributed by atoms with Crippen LogP contribution in [0.1, 0.15) is 62.7 Å². The van der Waals surface area contributed by atoms with E-state index in [2.05, 4.69) is 15.4 Å². The summed E-state index contributed by atoms with van der Waals surface area (Å²) < 4.78 is 78.4. The van der Waals surface area contributed by atoms with Crippen LogP contribution in [0.15, 0.2) is 81.9 Å². The molecule has 5 N–H and O–H groups in total. The van der Waals surface area contributed by atoms with E-state index in [9.17, 15) is 41.0 Å². The number of imidazole rings is 1. The van der Waals surface area contributed by atoms with Crippen LogP contribution in [0.4, 0.5) is 18.0 Å². The van der Waals surface area contributed by atoms with E-state index < -0.39 is 39.6 Å². The number of nitrogens with zero attached hydrogens (tertiary/aromatic N) is 6. The molecule has 0 saturated carbocycles. The summed E-state index contributed by atoms with van der Waals surface area (Å²) in [5.41, 5.74) is 2.55. The van der Waals surface area contributed by atoms with Crippen LogP contribution in [-0.2, 0) is 22.7 Å². The van der Waals surface area contributed by atoms with Crippen LogP contribution in [0.3, 0.4) is 0 Å². The molecule has 1 atom stereocenters. The molecule has 3 aromatic heterocycles. The molecule has 55 heavy (non-hydrogen) atoms. The summed E-state index contributed by atoms with van der Waals surface area (Å²) in [6, 6.07) is 14.0. The fourth-order valence-corrected chi connectivity index (χ4v) is 7.89. The van der Waals surface area contributed by atoms with Gasteiger partial charge in [-0.05, 0) is 111 Å². The highest BCUT2D eigenvalue weighted by Gasteiger charge is 2.32. The maximum absolute atomic E-state index is 14.2. The van der Waals surface area contributed by atoms with E-state index >= 15 is 0 Å². The lowest BCUT2D eigenvalue weighted by atomic mass is 9.96. The first-order valence-electron chi connectivity index (χ1n) is 16.3. The summed E-state index contributed by atoms with van der Waals surface area (Å²) in [4.78, 5) is 32.8. The van der Waals surface area contributed by atoms with Crippen LogP contribution in [-0.4, -0.2) is 42.9 Å². The Balaban J connectivity index is 0.00000580. The van der Waals surface area contributed by atoms with Crippen molar-refractivity contribution in [3.63, 3.8) is 0 Å². The normalized spacial score (nSPS) is 12.2. The number of benzene rings is 3. The monoisotopic (exact) mass is 792 g/mol. The van der Waals surface area contributed by atoms with Crippen molar-refractivity contribution in [2.45, 2.75) is 58.2 Å². The number of halogens is 3. The van der Waals surface area contributed by atoms with Crippen LogP contribution < -0.4 is 17.2 Å². The maximum atomic E-state index is 14.2. The van der Waals surface area contributed by atoms with E-state index in [-0.39, 0.29) is 40.2 Å². The average molecular weight is 793 g/mol. The van der Waals surface area contributed by atoms with Gasteiger partial charge in [-0.2, -0.15) is 31.9 Å². The Morgan fingerprint density at radius 3 is 2.35 bits per heavy atom. The van der Waals surface area contributed by atoms with Crippen molar-refractivity contribution < 1.29 is 30.9 Å². The summed E-state index contributed by atoms with van der Waals surface area (Å²) in [6.07, 6.45) is -3.02. The molecule has 3 aromatic carbocycles. The molecule has 13 nitrogen and oxygen atoms in total. The predicted octanol–water partition coefficient (Wildman–Crippen LogP) is 7.39. The van der Waals surface area contributed by atoms with Crippen molar-refractivity contribution in [2.75, 3.05) is 0 Å². The van der Waals surface area contributed by atoms with Crippen molar-refractivity contribution in [1.29, 1.82) is 5.26 Å². The fraction of sp³-hybridized carbons (Fsp3) is 0.216. The molecule has 1 unspecified atom stereocenters. The van der Waals surface area contributed by atoms with Crippen LogP contribution in [0, 0.1) is 39.0 Å². The van der Waals surface area contributed by atoms with Gasteiger partial charge in [-0.15, -0.1) is 11.3 Å². The van der Waals surface area contributed by atoms with Crippen LogP contribution in [0.2, 0.25) is 0 Å². The van der Waals surface area contributed by atoms with E-state index in [4.69, 9.17) is 0 Å². The predicted molar refractivity (Wildman–Crippen MR) is 200 cm³/mol. The molecule has 1 amide bonds. The molecule has 6 rings (SSSR count). The maximum Gasteiger partial charge on any atom is 0.416 e. The minimum absolute atomic E-state index is 0. The molecule has 0 fully saturated rings. The third kappa shape index (κ3) is 7.73. The Hall–Kier alpha value is -5.87. The Bertz CT molecular complexity index is 2650. The lowest BCUT2D eigenvalue weighted by Gasteiger charge is -2.15. The Morgan fingerprint density at radius 1 is 1.02 bits per heavy atom. The second-order valence-corrected chi connectivity index (χ2v) is 14.9. The number of thiazole rings is 1. The van der Waals surface area contributed by atoms with Crippen molar-refractivity contribution in [3.8, 4) is 28.8 Å². The van der Waals surface area contributed by atoms with Gasteiger partial charge >= 0.3 is 17.9 Å². The van der Waals surface area contributed by atoms with Gasteiger partial charge in [0, 0.05) is 11.8 Å². The molecule has 0 aliphatic heterocycles. The molecular formula is C37H35F3N8O5S2. The van der Waals surface area contributed by atoms with Gasteiger partial charge in [-0.3, -0.25) is 9.12 Å². The third-order valence-electron chi connectivity index (χ3n) is 9.26. The van der Waals surface area contributed by atoms with Gasteiger partial charge in [-0.25, -0.2) is 23.8 Å². The molecule has 0 radical (unpaired) electrons. The minimum Gasteiger partial charge on any atom is -0.344 e. The van der Waals surface area contributed by atoms with Crippen molar-refractivity contribution >= 4 is 27.5 Å². The first-order chi connectivity index (χ1) is 25.4. The summed E-state index contributed by atoms with van der Waals surface area (Å²) in [5.74, 6) is 0. The lowest BCUT2D eigenvalue weighted by molar-refractivity contribution is -0.137. The van der Waals surface area contributed by atoms with E-state index in [1.54, 1.807) is 56.5 Å². The number of aromatic nitrogens is 5. The zero-order valence-corrected chi connectivity index (χ0v) is 31.8. The molecule has 0 aliphatic rings. The number of hydrogen-bond acceptors (Lipinski definition) is 9. The van der Waals surface area contributed by atoms with E-state index in [1.165, 1.54) is 47.3 Å². The summed E-state index contributed by atoms with van der Waals surface area (Å²) in [6.45, 7) is 8.39. The number of hydrogen-bond donors (Lipinski definition) is 3. The molecule has 0 saturated heterocycles. The van der Waals surface area contributed by atoms with Gasteiger partial charge in [0.15, 0.2) is 0 Å². The van der Waals surface area contributed by atoms with Crippen molar-refractivity contribution in [3.05, 3.63) is 133 Å². The zero-order valence-electron chi connectivity index (χ0n) is 30.1. The zero-order chi connectivity index (χ0) is 39.3. The SMILES string of the molecule is Cc1c(Cc2csc(C(C)NC(=O)n3c(-c4ccnn4-c4ccc(C#N)cc4)c(C)n(-c4cccc(C(F)(F)F)c4)c3=O)n2)cc(S(=O)(=O)O)c(C)c1C.N. The molecule has 286 valence electrons. The highest BCUT2D eigenvalue weighted by molar-refractivity contribution is 7.85. The topological polar surface area (TPSA) is 200 Å². The van der Waals surface area contributed by atoms with Crippen molar-refractivity contribution in [1.82, 2.24) is 35.4 Å². The fourth-order valence-electron chi connectivity index (χ4n) is 6.23. The third-order valence-corrected chi connectivity index (χ3v) is 11.3. The largest absolute Gasteiger partial charge is 0.416 e. The highest BCUT2D eigenvalue weighted by atomic mass is 32.2. The average Bonchev–Trinajstić information content (AvgIpc) is 3.85. The number of carbonyl (C=O) groups is 1. The molecule has 6 aromatic rings. The second-order valence-electron chi connectivity index (χ2n) is 12.6. The molecule has 0 spiro atoms. The first kappa shape index (κ1) is 40.3. The quantitative estimate of drug-likeness (QED) is 0.132.